The number of anilines is 1. The molecule has 8 nitrogen and oxygen atoms in total. The third-order valence-electron chi connectivity index (χ3n) is 6.08. The topological polar surface area (TPSA) is 119 Å². The maximum atomic E-state index is 11.9. The van der Waals surface area contributed by atoms with E-state index >= 15 is 0 Å². The number of benzene rings is 3. The van der Waals surface area contributed by atoms with E-state index in [1.807, 2.05) is 48.5 Å². The van der Waals surface area contributed by atoms with Gasteiger partial charge in [-0.2, -0.15) is 13.7 Å². The van der Waals surface area contributed by atoms with Crippen LogP contribution in [-0.2, 0) is 10.1 Å². The first-order valence-electron chi connectivity index (χ1n) is 11.8. The molecule has 3 aromatic rings. The molecule has 0 aromatic heterocycles. The van der Waals surface area contributed by atoms with Crippen molar-refractivity contribution in [1.29, 1.82) is 10.5 Å². The predicted molar refractivity (Wildman–Crippen MR) is 148 cm³/mol. The summed E-state index contributed by atoms with van der Waals surface area (Å²) in [6, 6.07) is 27.7. The summed E-state index contributed by atoms with van der Waals surface area (Å²) in [7, 11) is -4.35. The summed E-state index contributed by atoms with van der Waals surface area (Å²) in [5.74, 6) is 0.681. The minimum Gasteiger partial charge on any atom is -0.439 e. The summed E-state index contributed by atoms with van der Waals surface area (Å²) in [4.78, 5) is 4.91. The Hall–Kier alpha value is -5.14. The van der Waals surface area contributed by atoms with Crippen LogP contribution < -0.4 is 9.64 Å². The zero-order valence-electron chi connectivity index (χ0n) is 20.8. The van der Waals surface area contributed by atoms with Crippen molar-refractivity contribution < 1.29 is 17.7 Å². The molecule has 39 heavy (non-hydrogen) atoms. The number of nitrogens with zero attached hydrogens (tertiary/aromatic N) is 4. The second-order valence-corrected chi connectivity index (χ2v) is 10.4. The molecule has 0 bridgehead atoms. The van der Waals surface area contributed by atoms with Gasteiger partial charge in [-0.05, 0) is 41.8 Å². The second kappa shape index (κ2) is 11.5. The van der Waals surface area contributed by atoms with Gasteiger partial charge in [0.2, 0.25) is 5.88 Å². The first-order valence-corrected chi connectivity index (χ1v) is 13.3. The lowest BCUT2D eigenvalue weighted by Crippen LogP contribution is -2.33. The number of rotatable bonds is 7. The molecule has 0 fully saturated rings. The van der Waals surface area contributed by atoms with Crippen LogP contribution in [0.1, 0.15) is 12.5 Å². The molecule has 1 aliphatic heterocycles. The number of fused-ring (bicyclic) bond motifs is 1. The average Bonchev–Trinajstić information content (AvgIpc) is 3.29. The Morgan fingerprint density at radius 3 is 2.31 bits per heavy atom. The highest BCUT2D eigenvalue weighted by molar-refractivity contribution is 7.86. The van der Waals surface area contributed by atoms with Crippen LogP contribution in [0.2, 0.25) is 0 Å². The monoisotopic (exact) mass is 534 g/mol. The number of hydrogen-bond acceptors (Lipinski definition) is 6. The van der Waals surface area contributed by atoms with Crippen molar-refractivity contribution in [1.82, 2.24) is 0 Å². The Balaban J connectivity index is 1.82. The first kappa shape index (κ1) is 26.9. The molecule has 1 heterocycles. The van der Waals surface area contributed by atoms with E-state index in [0.29, 0.717) is 17.0 Å². The molecule has 3 aromatic carbocycles. The molecule has 1 unspecified atom stereocenters. The van der Waals surface area contributed by atoms with Crippen LogP contribution in [0.25, 0.3) is 21.5 Å². The van der Waals surface area contributed by atoms with Crippen LogP contribution in [0, 0.1) is 29.2 Å². The maximum Gasteiger partial charge on any atom is 0.270 e. The largest absolute Gasteiger partial charge is 0.439 e. The minimum atomic E-state index is -4.35. The van der Waals surface area contributed by atoms with Gasteiger partial charge in [0, 0.05) is 18.2 Å². The molecule has 9 heteroatoms. The normalized spacial score (nSPS) is 15.3. The molecule has 1 aliphatic rings. The highest BCUT2D eigenvalue weighted by atomic mass is 32.2. The summed E-state index contributed by atoms with van der Waals surface area (Å²) >= 11 is 0. The molecule has 0 spiro atoms. The number of allylic oxidation sites excluding steroid dienone is 5. The van der Waals surface area contributed by atoms with E-state index in [-0.39, 0.29) is 29.3 Å². The van der Waals surface area contributed by atoms with Gasteiger partial charge in [0.1, 0.15) is 5.25 Å². The first-order chi connectivity index (χ1) is 18.8. The Morgan fingerprint density at radius 2 is 1.72 bits per heavy atom. The maximum absolute atomic E-state index is 11.9. The molecule has 0 saturated carbocycles. The van der Waals surface area contributed by atoms with Crippen LogP contribution in [0.15, 0.2) is 108 Å². The molecule has 192 valence electrons. The second-order valence-electron chi connectivity index (χ2n) is 8.60. The SMILES string of the molecule is [C-]#[N+]\C(C#N)=C(/C(C#N)=C/C=C1\Oc2ccc(-c3ccccc3)cc2N1CC(C)S(=O)(=O)O)c1ccccc1. The Bertz CT molecular complexity index is 1710. The highest BCUT2D eigenvalue weighted by Gasteiger charge is 2.31. The van der Waals surface area contributed by atoms with Gasteiger partial charge in [0.25, 0.3) is 15.8 Å². The quantitative estimate of drug-likeness (QED) is 0.172. The molecule has 0 saturated heterocycles. The van der Waals surface area contributed by atoms with Crippen molar-refractivity contribution in [2.75, 3.05) is 11.4 Å². The van der Waals surface area contributed by atoms with Gasteiger partial charge in [-0.25, -0.2) is 10.1 Å². The summed E-state index contributed by atoms with van der Waals surface area (Å²) in [6.45, 7) is 8.69. The van der Waals surface area contributed by atoms with E-state index in [9.17, 15) is 23.5 Å². The van der Waals surface area contributed by atoms with Crippen LogP contribution >= 0.6 is 0 Å². The van der Waals surface area contributed by atoms with E-state index in [1.54, 1.807) is 41.3 Å². The van der Waals surface area contributed by atoms with Crippen LogP contribution in [0.4, 0.5) is 5.69 Å². The van der Waals surface area contributed by atoms with Crippen molar-refractivity contribution in [2.45, 2.75) is 12.2 Å². The fourth-order valence-corrected chi connectivity index (χ4v) is 4.40. The van der Waals surface area contributed by atoms with Crippen LogP contribution in [0.3, 0.4) is 0 Å². The van der Waals surface area contributed by atoms with Gasteiger partial charge in [-0.3, -0.25) is 4.55 Å². The van der Waals surface area contributed by atoms with Crippen molar-refractivity contribution in [3.05, 3.63) is 125 Å². The molecule has 0 amide bonds. The number of ether oxygens (including phenoxy) is 1. The van der Waals surface area contributed by atoms with Gasteiger partial charge < -0.3 is 9.64 Å². The van der Waals surface area contributed by atoms with Crippen LogP contribution in [-0.4, -0.2) is 24.8 Å². The number of nitriles is 2. The number of hydrogen-bond donors (Lipinski definition) is 1. The molecule has 0 aliphatic carbocycles. The fourth-order valence-electron chi connectivity index (χ4n) is 4.07. The third-order valence-corrected chi connectivity index (χ3v) is 7.25. The molecular formula is C30H22N4O4S. The summed E-state index contributed by atoms with van der Waals surface area (Å²) in [5.41, 5.74) is 2.92. The molecular weight excluding hydrogens is 512 g/mol. The van der Waals surface area contributed by atoms with Gasteiger partial charge in [0.15, 0.2) is 5.75 Å². The minimum absolute atomic E-state index is 0.0496. The van der Waals surface area contributed by atoms with Crippen molar-refractivity contribution >= 4 is 21.4 Å². The van der Waals surface area contributed by atoms with Crippen molar-refractivity contribution in [3.63, 3.8) is 0 Å². The van der Waals surface area contributed by atoms with E-state index in [0.717, 1.165) is 11.1 Å². The molecule has 0 radical (unpaired) electrons. The van der Waals surface area contributed by atoms with Gasteiger partial charge in [-0.15, -0.1) is 0 Å². The van der Waals surface area contributed by atoms with E-state index < -0.39 is 15.4 Å². The Morgan fingerprint density at radius 1 is 1.05 bits per heavy atom. The molecule has 4 rings (SSSR count). The predicted octanol–water partition coefficient (Wildman–Crippen LogP) is 5.97. The lowest BCUT2D eigenvalue weighted by atomic mass is 9.96. The summed E-state index contributed by atoms with van der Waals surface area (Å²) in [6.07, 6.45) is 2.91. The van der Waals surface area contributed by atoms with Crippen LogP contribution in [0.5, 0.6) is 5.75 Å². The van der Waals surface area contributed by atoms with Gasteiger partial charge in [-0.1, -0.05) is 66.7 Å². The summed E-state index contributed by atoms with van der Waals surface area (Å²) in [5, 5.41) is 18.4. The lowest BCUT2D eigenvalue weighted by Gasteiger charge is -2.21. The molecule has 1 N–H and O–H groups in total. The standard InChI is InChI=1S/C30H22N4O4S/c1-21(39(35,36)37)20-34-27-17-24(22-9-5-3-6-10-22)13-15-28(27)38-29(34)16-14-25(18-31)30(26(19-32)33-2)23-11-7-4-8-12-23/h3-17,21H,20H2,1H3,(H,35,36,37)/b25-14+,29-16-,30-26-. The third kappa shape index (κ3) is 5.89. The lowest BCUT2D eigenvalue weighted by molar-refractivity contribution is 0.434. The van der Waals surface area contributed by atoms with Gasteiger partial charge in [0.05, 0.1) is 30.0 Å². The Labute approximate surface area is 227 Å². The summed E-state index contributed by atoms with van der Waals surface area (Å²) < 4.78 is 39.4. The smallest absolute Gasteiger partial charge is 0.270 e. The van der Waals surface area contributed by atoms with E-state index in [2.05, 4.69) is 10.9 Å². The Kier molecular flexibility index (Phi) is 7.93. The van der Waals surface area contributed by atoms with Crippen molar-refractivity contribution in [2.24, 2.45) is 0 Å². The van der Waals surface area contributed by atoms with Crippen molar-refractivity contribution in [3.8, 4) is 29.0 Å². The molecule has 1 atom stereocenters. The van der Waals surface area contributed by atoms with Gasteiger partial charge >= 0.3 is 0 Å². The van der Waals surface area contributed by atoms with E-state index in [1.165, 1.54) is 19.1 Å². The van der Waals surface area contributed by atoms with E-state index in [4.69, 9.17) is 11.3 Å². The zero-order chi connectivity index (χ0) is 28.0. The zero-order valence-corrected chi connectivity index (χ0v) is 21.6. The average molecular weight is 535 g/mol. The highest BCUT2D eigenvalue weighted by Crippen LogP contribution is 2.42. The fraction of sp³-hybridized carbons (Fsp3) is 0.100.